The van der Waals surface area contributed by atoms with Crippen LogP contribution in [-0.4, -0.2) is 23.2 Å². The Kier molecular flexibility index (Phi) is 3.29. The van der Waals surface area contributed by atoms with E-state index in [2.05, 4.69) is 4.98 Å². The fourth-order valence-electron chi connectivity index (χ4n) is 2.24. The molecule has 0 atom stereocenters. The van der Waals surface area contributed by atoms with Crippen molar-refractivity contribution in [3.63, 3.8) is 0 Å². The number of benzene rings is 1. The predicted molar refractivity (Wildman–Crippen MR) is 72.2 cm³/mol. The SMILES string of the molecule is COc1ccc2[nH]c(=O)c(C(=O)O)c(C(C)C)c2c1. The summed E-state index contributed by atoms with van der Waals surface area (Å²) in [6.07, 6.45) is 0. The number of nitrogens with one attached hydrogen (secondary N) is 1. The van der Waals surface area contributed by atoms with Crippen LogP contribution in [-0.2, 0) is 0 Å². The Morgan fingerprint density at radius 1 is 1.37 bits per heavy atom. The van der Waals surface area contributed by atoms with Crippen LogP contribution >= 0.6 is 0 Å². The van der Waals surface area contributed by atoms with Gasteiger partial charge in [0.05, 0.1) is 7.11 Å². The van der Waals surface area contributed by atoms with Gasteiger partial charge in [0.15, 0.2) is 0 Å². The lowest BCUT2D eigenvalue weighted by Gasteiger charge is -2.13. The van der Waals surface area contributed by atoms with Gasteiger partial charge in [0.2, 0.25) is 0 Å². The zero-order valence-corrected chi connectivity index (χ0v) is 11.0. The van der Waals surface area contributed by atoms with E-state index in [0.29, 0.717) is 22.2 Å². The molecule has 5 heteroatoms. The van der Waals surface area contributed by atoms with Crippen LogP contribution in [0.2, 0.25) is 0 Å². The van der Waals surface area contributed by atoms with Crippen LogP contribution in [0.5, 0.6) is 5.75 Å². The van der Waals surface area contributed by atoms with Crippen molar-refractivity contribution in [1.29, 1.82) is 0 Å². The number of aromatic amines is 1. The minimum absolute atomic E-state index is 0.0805. The first-order chi connectivity index (χ1) is 8.95. The maximum absolute atomic E-state index is 11.9. The van der Waals surface area contributed by atoms with Gasteiger partial charge in [-0.1, -0.05) is 13.8 Å². The van der Waals surface area contributed by atoms with Gasteiger partial charge in [-0.05, 0) is 29.7 Å². The number of carboxylic acids is 1. The van der Waals surface area contributed by atoms with Crippen molar-refractivity contribution < 1.29 is 14.6 Å². The van der Waals surface area contributed by atoms with Crippen LogP contribution in [0.4, 0.5) is 0 Å². The zero-order valence-electron chi connectivity index (χ0n) is 11.0. The Morgan fingerprint density at radius 3 is 2.58 bits per heavy atom. The third-order valence-electron chi connectivity index (χ3n) is 3.05. The van der Waals surface area contributed by atoms with E-state index < -0.39 is 11.5 Å². The first kappa shape index (κ1) is 13.1. The number of rotatable bonds is 3. The van der Waals surface area contributed by atoms with Gasteiger partial charge < -0.3 is 14.8 Å². The van der Waals surface area contributed by atoms with Gasteiger partial charge >= 0.3 is 5.97 Å². The Bertz CT molecular complexity index is 700. The van der Waals surface area contributed by atoms with E-state index in [-0.39, 0.29) is 11.5 Å². The first-order valence-electron chi connectivity index (χ1n) is 5.93. The molecule has 0 unspecified atom stereocenters. The normalized spacial score (nSPS) is 10.9. The number of pyridine rings is 1. The summed E-state index contributed by atoms with van der Waals surface area (Å²) in [5.41, 5.74) is 0.370. The van der Waals surface area contributed by atoms with E-state index in [1.807, 2.05) is 13.8 Å². The highest BCUT2D eigenvalue weighted by molar-refractivity contribution is 5.96. The molecule has 100 valence electrons. The van der Waals surface area contributed by atoms with Crippen LogP contribution in [0.25, 0.3) is 10.9 Å². The largest absolute Gasteiger partial charge is 0.497 e. The molecule has 1 aromatic carbocycles. The quantitative estimate of drug-likeness (QED) is 0.888. The van der Waals surface area contributed by atoms with Crippen molar-refractivity contribution >= 4 is 16.9 Å². The number of aromatic nitrogens is 1. The number of hydrogen-bond donors (Lipinski definition) is 2. The molecule has 2 rings (SSSR count). The number of aromatic carboxylic acids is 1. The average molecular weight is 261 g/mol. The van der Waals surface area contributed by atoms with E-state index in [9.17, 15) is 14.7 Å². The molecule has 0 saturated heterocycles. The van der Waals surface area contributed by atoms with Gasteiger partial charge in [-0.2, -0.15) is 0 Å². The van der Waals surface area contributed by atoms with Gasteiger partial charge in [0.25, 0.3) is 5.56 Å². The maximum atomic E-state index is 11.9. The molecule has 0 aliphatic heterocycles. The molecule has 1 heterocycles. The van der Waals surface area contributed by atoms with E-state index in [1.54, 1.807) is 25.3 Å². The summed E-state index contributed by atoms with van der Waals surface area (Å²) in [5, 5.41) is 9.93. The molecule has 2 N–H and O–H groups in total. The highest BCUT2D eigenvalue weighted by Gasteiger charge is 2.20. The second-order valence-electron chi connectivity index (χ2n) is 4.61. The van der Waals surface area contributed by atoms with Crippen LogP contribution in [0.1, 0.15) is 35.7 Å². The molecule has 0 bridgehead atoms. The molecule has 19 heavy (non-hydrogen) atoms. The molecule has 0 radical (unpaired) electrons. The lowest BCUT2D eigenvalue weighted by molar-refractivity contribution is 0.0693. The second-order valence-corrected chi connectivity index (χ2v) is 4.61. The molecule has 0 spiro atoms. The van der Waals surface area contributed by atoms with Crippen molar-refractivity contribution in [1.82, 2.24) is 4.98 Å². The van der Waals surface area contributed by atoms with Crippen LogP contribution in [0.15, 0.2) is 23.0 Å². The molecule has 0 aliphatic carbocycles. The number of carbonyl (C=O) groups is 1. The monoisotopic (exact) mass is 261 g/mol. The lowest BCUT2D eigenvalue weighted by atomic mass is 9.94. The van der Waals surface area contributed by atoms with Crippen molar-refractivity contribution in [3.8, 4) is 5.75 Å². The van der Waals surface area contributed by atoms with Crippen molar-refractivity contribution in [2.24, 2.45) is 0 Å². The molecule has 0 saturated carbocycles. The Balaban J connectivity index is 2.96. The summed E-state index contributed by atoms with van der Waals surface area (Å²) in [5.74, 6) is -0.671. The number of fused-ring (bicyclic) bond motifs is 1. The third kappa shape index (κ3) is 2.19. The maximum Gasteiger partial charge on any atom is 0.341 e. The Labute approximate surface area is 109 Å². The number of hydrogen-bond acceptors (Lipinski definition) is 3. The lowest BCUT2D eigenvalue weighted by Crippen LogP contribution is -2.21. The summed E-state index contributed by atoms with van der Waals surface area (Å²) in [4.78, 5) is 25.8. The van der Waals surface area contributed by atoms with E-state index >= 15 is 0 Å². The second kappa shape index (κ2) is 4.76. The summed E-state index contributed by atoms with van der Waals surface area (Å²) < 4.78 is 5.15. The van der Waals surface area contributed by atoms with Crippen molar-refractivity contribution in [3.05, 3.63) is 39.7 Å². The molecular weight excluding hydrogens is 246 g/mol. The minimum atomic E-state index is -1.21. The van der Waals surface area contributed by atoms with Crippen LogP contribution in [0.3, 0.4) is 0 Å². The smallest absolute Gasteiger partial charge is 0.341 e. The Hall–Kier alpha value is -2.30. The third-order valence-corrected chi connectivity index (χ3v) is 3.05. The van der Waals surface area contributed by atoms with Gasteiger partial charge in [0, 0.05) is 10.9 Å². The number of H-pyrrole nitrogens is 1. The standard InChI is InChI=1S/C14H15NO4/c1-7(2)11-9-6-8(19-3)4-5-10(9)15-13(16)12(11)14(17)18/h4-7H,1-3H3,(H,15,16)(H,17,18). The van der Waals surface area contributed by atoms with Crippen molar-refractivity contribution in [2.75, 3.05) is 7.11 Å². The van der Waals surface area contributed by atoms with E-state index in [4.69, 9.17) is 4.74 Å². The van der Waals surface area contributed by atoms with Crippen LogP contribution < -0.4 is 10.3 Å². The number of ether oxygens (including phenoxy) is 1. The van der Waals surface area contributed by atoms with Gasteiger partial charge in [-0.3, -0.25) is 4.79 Å². The summed E-state index contributed by atoms with van der Waals surface area (Å²) in [7, 11) is 1.54. The molecule has 0 fully saturated rings. The van der Waals surface area contributed by atoms with E-state index in [1.165, 1.54) is 0 Å². The van der Waals surface area contributed by atoms with Gasteiger partial charge in [-0.25, -0.2) is 4.79 Å². The molecular formula is C14H15NO4. The van der Waals surface area contributed by atoms with Gasteiger partial charge in [0.1, 0.15) is 11.3 Å². The van der Waals surface area contributed by atoms with Crippen LogP contribution in [0, 0.1) is 0 Å². The summed E-state index contributed by atoms with van der Waals surface area (Å²) >= 11 is 0. The zero-order chi connectivity index (χ0) is 14.2. The molecule has 2 aromatic rings. The predicted octanol–water partition coefficient (Wildman–Crippen LogP) is 2.36. The highest BCUT2D eigenvalue weighted by atomic mass is 16.5. The molecule has 0 aliphatic rings. The van der Waals surface area contributed by atoms with Crippen molar-refractivity contribution in [2.45, 2.75) is 19.8 Å². The van der Waals surface area contributed by atoms with Gasteiger partial charge in [-0.15, -0.1) is 0 Å². The first-order valence-corrected chi connectivity index (χ1v) is 5.93. The molecule has 0 amide bonds. The average Bonchev–Trinajstić information content (AvgIpc) is 2.35. The number of carboxylic acid groups (broad SMARTS) is 1. The molecule has 5 nitrogen and oxygen atoms in total. The highest BCUT2D eigenvalue weighted by Crippen LogP contribution is 2.28. The van der Waals surface area contributed by atoms with E-state index in [0.717, 1.165) is 0 Å². The fourth-order valence-corrected chi connectivity index (χ4v) is 2.24. The summed E-state index contributed by atoms with van der Waals surface area (Å²) in [6.45, 7) is 3.72. The summed E-state index contributed by atoms with van der Waals surface area (Å²) in [6, 6.07) is 5.18. The topological polar surface area (TPSA) is 79.4 Å². The molecule has 1 aromatic heterocycles. The minimum Gasteiger partial charge on any atom is -0.497 e. The number of methoxy groups -OCH3 is 1. The Morgan fingerprint density at radius 2 is 2.05 bits per heavy atom. The fraction of sp³-hybridized carbons (Fsp3) is 0.286.